The van der Waals surface area contributed by atoms with E-state index in [0.717, 1.165) is 18.6 Å². The van der Waals surface area contributed by atoms with Crippen molar-refractivity contribution in [1.82, 2.24) is 0 Å². The van der Waals surface area contributed by atoms with Gasteiger partial charge in [0.2, 0.25) is 0 Å². The Morgan fingerprint density at radius 2 is 2.10 bits per heavy atom. The molecule has 2 aliphatic rings. The van der Waals surface area contributed by atoms with Crippen LogP contribution in [0.1, 0.15) is 38.7 Å². The maximum Gasteiger partial charge on any atom is 0.158 e. The van der Waals surface area contributed by atoms with Crippen molar-refractivity contribution >= 4 is 5.78 Å². The summed E-state index contributed by atoms with van der Waals surface area (Å²) < 4.78 is 5.91. The molecule has 1 fully saturated rings. The number of ketones is 1. The van der Waals surface area contributed by atoms with Crippen molar-refractivity contribution in [1.29, 1.82) is 5.26 Å². The number of Topliss-reactive ketones (excluding diaryl/α,β-unsaturated/α-hetero) is 1. The van der Waals surface area contributed by atoms with E-state index in [2.05, 4.69) is 12.1 Å². The number of benzene rings is 1. The second-order valence-corrected chi connectivity index (χ2v) is 6.66. The third-order valence-electron chi connectivity index (χ3n) is 4.73. The number of nitriles is 1. The van der Waals surface area contributed by atoms with E-state index in [-0.39, 0.29) is 17.3 Å². The highest BCUT2D eigenvalue weighted by Crippen LogP contribution is 2.49. The van der Waals surface area contributed by atoms with Gasteiger partial charge in [-0.25, -0.2) is 0 Å². The first-order valence-corrected chi connectivity index (χ1v) is 7.18. The summed E-state index contributed by atoms with van der Waals surface area (Å²) in [6, 6.07) is 10.3. The molecule has 1 heterocycles. The van der Waals surface area contributed by atoms with Crippen molar-refractivity contribution < 1.29 is 9.53 Å². The molecular formula is C17H19NO2. The summed E-state index contributed by atoms with van der Waals surface area (Å²) >= 11 is 0. The van der Waals surface area contributed by atoms with Crippen molar-refractivity contribution in [2.24, 2.45) is 10.8 Å². The number of nitrogens with zero attached hydrogens (tertiary/aromatic N) is 1. The van der Waals surface area contributed by atoms with E-state index in [1.807, 2.05) is 32.0 Å². The topological polar surface area (TPSA) is 50.1 Å². The average molecular weight is 269 g/mol. The minimum Gasteiger partial charge on any atom is -0.490 e. The first-order chi connectivity index (χ1) is 9.47. The first-order valence-electron chi connectivity index (χ1n) is 7.18. The van der Waals surface area contributed by atoms with E-state index in [9.17, 15) is 10.1 Å². The van der Waals surface area contributed by atoms with Gasteiger partial charge in [0.05, 0.1) is 6.07 Å². The summed E-state index contributed by atoms with van der Waals surface area (Å²) in [5.74, 6) is 0.988. The highest BCUT2D eigenvalue weighted by Gasteiger charge is 2.53. The summed E-state index contributed by atoms with van der Waals surface area (Å²) in [5, 5.41) is 9.57. The van der Waals surface area contributed by atoms with Crippen molar-refractivity contribution in [2.45, 2.75) is 45.6 Å². The van der Waals surface area contributed by atoms with E-state index in [1.165, 1.54) is 5.56 Å². The number of para-hydroxylation sites is 1. The lowest BCUT2D eigenvalue weighted by Crippen LogP contribution is -2.35. The summed E-state index contributed by atoms with van der Waals surface area (Å²) in [6.07, 6.45) is 2.71. The fourth-order valence-corrected chi connectivity index (χ4v) is 3.50. The molecule has 1 saturated carbocycles. The van der Waals surface area contributed by atoms with E-state index in [1.54, 1.807) is 0 Å². The van der Waals surface area contributed by atoms with Gasteiger partial charge in [-0.15, -0.1) is 0 Å². The second-order valence-electron chi connectivity index (χ2n) is 6.66. The maximum absolute atomic E-state index is 12.6. The van der Waals surface area contributed by atoms with Crippen LogP contribution in [0.5, 0.6) is 5.75 Å². The molecule has 1 aromatic rings. The van der Waals surface area contributed by atoms with Gasteiger partial charge in [-0.1, -0.05) is 32.0 Å². The smallest absolute Gasteiger partial charge is 0.158 e. The number of carbonyl (C=O) groups is 1. The Morgan fingerprint density at radius 1 is 1.35 bits per heavy atom. The molecule has 0 radical (unpaired) electrons. The van der Waals surface area contributed by atoms with Gasteiger partial charge in [-0.2, -0.15) is 5.26 Å². The molecule has 0 saturated heterocycles. The molecule has 0 aromatic heterocycles. The minimum atomic E-state index is -0.851. The Labute approximate surface area is 119 Å². The van der Waals surface area contributed by atoms with Crippen LogP contribution >= 0.6 is 0 Å². The van der Waals surface area contributed by atoms with Gasteiger partial charge in [-0.3, -0.25) is 4.79 Å². The highest BCUT2D eigenvalue weighted by atomic mass is 16.5. The zero-order chi connectivity index (χ0) is 14.4. The molecule has 3 nitrogen and oxygen atoms in total. The fraction of sp³-hybridized carbons (Fsp3) is 0.529. The summed E-state index contributed by atoms with van der Waals surface area (Å²) in [5.41, 5.74) is -0.0486. The predicted octanol–water partition coefficient (Wildman–Crippen LogP) is 3.28. The Balaban J connectivity index is 1.79. The second kappa shape index (κ2) is 4.34. The molecule has 0 spiro atoms. The molecule has 0 N–H and O–H groups in total. The van der Waals surface area contributed by atoms with Gasteiger partial charge in [0.25, 0.3) is 0 Å². The zero-order valence-electron chi connectivity index (χ0n) is 12.0. The van der Waals surface area contributed by atoms with Gasteiger partial charge in [-0.05, 0) is 24.5 Å². The van der Waals surface area contributed by atoms with E-state index in [4.69, 9.17) is 4.74 Å². The van der Waals surface area contributed by atoms with Crippen molar-refractivity contribution in [3.63, 3.8) is 0 Å². The summed E-state index contributed by atoms with van der Waals surface area (Å²) in [4.78, 5) is 12.6. The molecule has 1 aliphatic heterocycles. The normalized spacial score (nSPS) is 30.6. The van der Waals surface area contributed by atoms with E-state index in [0.29, 0.717) is 12.8 Å². The summed E-state index contributed by atoms with van der Waals surface area (Å²) in [7, 11) is 0. The van der Waals surface area contributed by atoms with Crippen LogP contribution in [0, 0.1) is 22.2 Å². The van der Waals surface area contributed by atoms with Crippen molar-refractivity contribution in [2.75, 3.05) is 0 Å². The van der Waals surface area contributed by atoms with Gasteiger partial charge in [0.1, 0.15) is 17.3 Å². The highest BCUT2D eigenvalue weighted by molar-refractivity contribution is 5.94. The quantitative estimate of drug-likeness (QED) is 0.828. The Kier molecular flexibility index (Phi) is 2.86. The molecule has 0 bridgehead atoms. The molecule has 2 atom stereocenters. The maximum atomic E-state index is 12.6. The van der Waals surface area contributed by atoms with Crippen LogP contribution < -0.4 is 4.74 Å². The summed E-state index contributed by atoms with van der Waals surface area (Å²) in [6.45, 7) is 3.89. The molecule has 3 heteroatoms. The van der Waals surface area contributed by atoms with Crippen LogP contribution in [0.2, 0.25) is 0 Å². The standard InChI is InChI=1S/C17H19NO2/c1-16(2)7-8-17(11-18,15(16)19)10-13-9-12-5-3-4-6-14(12)20-13/h3-6,13H,7-10H2,1-2H3. The number of hydrogen-bond acceptors (Lipinski definition) is 3. The molecule has 2 unspecified atom stereocenters. The number of rotatable bonds is 2. The van der Waals surface area contributed by atoms with Gasteiger partial charge < -0.3 is 4.74 Å². The fourth-order valence-electron chi connectivity index (χ4n) is 3.50. The predicted molar refractivity (Wildman–Crippen MR) is 75.2 cm³/mol. The van der Waals surface area contributed by atoms with E-state index < -0.39 is 5.41 Å². The average Bonchev–Trinajstić information content (AvgIpc) is 2.93. The number of ether oxygens (including phenoxy) is 1. The van der Waals surface area contributed by atoms with Crippen LogP contribution in [0.25, 0.3) is 0 Å². The SMILES string of the molecule is CC1(C)CCC(C#N)(CC2Cc3ccccc3O2)C1=O. The molecule has 104 valence electrons. The van der Waals surface area contributed by atoms with Crippen LogP contribution in [0.4, 0.5) is 0 Å². The largest absolute Gasteiger partial charge is 0.490 e. The Bertz CT molecular complexity index is 574. The van der Waals surface area contributed by atoms with Crippen LogP contribution in [0.3, 0.4) is 0 Å². The molecular weight excluding hydrogens is 250 g/mol. The van der Waals surface area contributed by atoms with E-state index >= 15 is 0 Å². The molecule has 20 heavy (non-hydrogen) atoms. The zero-order valence-corrected chi connectivity index (χ0v) is 12.0. The molecule has 1 aromatic carbocycles. The molecule has 3 rings (SSSR count). The van der Waals surface area contributed by atoms with Crippen LogP contribution in [-0.2, 0) is 11.2 Å². The van der Waals surface area contributed by atoms with Gasteiger partial charge in [0, 0.05) is 18.3 Å². The third kappa shape index (κ3) is 1.91. The lowest BCUT2D eigenvalue weighted by Gasteiger charge is -2.25. The lowest BCUT2D eigenvalue weighted by molar-refractivity contribution is -0.131. The monoisotopic (exact) mass is 269 g/mol. The lowest BCUT2D eigenvalue weighted by atomic mass is 9.77. The van der Waals surface area contributed by atoms with Crippen LogP contribution in [-0.4, -0.2) is 11.9 Å². The number of hydrogen-bond donors (Lipinski definition) is 0. The molecule has 1 aliphatic carbocycles. The Hall–Kier alpha value is -1.82. The molecule has 0 amide bonds. The van der Waals surface area contributed by atoms with Crippen molar-refractivity contribution in [3.05, 3.63) is 29.8 Å². The van der Waals surface area contributed by atoms with Gasteiger partial charge in [0.15, 0.2) is 5.78 Å². The third-order valence-corrected chi connectivity index (χ3v) is 4.73. The van der Waals surface area contributed by atoms with Crippen molar-refractivity contribution in [3.8, 4) is 11.8 Å². The van der Waals surface area contributed by atoms with Crippen LogP contribution in [0.15, 0.2) is 24.3 Å². The first kappa shape index (κ1) is 13.2. The number of carbonyl (C=O) groups excluding carboxylic acids is 1. The minimum absolute atomic E-state index is 0.0510. The Morgan fingerprint density at radius 3 is 2.70 bits per heavy atom. The number of fused-ring (bicyclic) bond motifs is 1. The van der Waals surface area contributed by atoms with Gasteiger partial charge >= 0.3 is 0 Å².